The Balaban J connectivity index is 1.70. The Morgan fingerprint density at radius 1 is 1.06 bits per heavy atom. The van der Waals surface area contributed by atoms with E-state index in [1.54, 1.807) is 4.57 Å². The first-order chi connectivity index (χ1) is 16.7. The lowest BCUT2D eigenvalue weighted by Crippen LogP contribution is -2.40. The topological polar surface area (TPSA) is 144 Å². The molecule has 3 heterocycles. The smallest absolute Gasteiger partial charge is 0.303 e. The lowest BCUT2D eigenvalue weighted by atomic mass is 9.95. The van der Waals surface area contributed by atoms with Crippen LogP contribution in [-0.4, -0.2) is 68.4 Å². The highest BCUT2D eigenvalue weighted by Gasteiger charge is 2.51. The molecule has 0 bridgehead atoms. The van der Waals surface area contributed by atoms with Crippen LogP contribution in [0.5, 0.6) is 0 Å². The van der Waals surface area contributed by atoms with Crippen molar-refractivity contribution in [2.45, 2.75) is 83.5 Å². The number of hydrogen-bond donors (Lipinski definition) is 1. The average molecular weight is 510 g/mol. The van der Waals surface area contributed by atoms with E-state index in [9.17, 15) is 14.4 Å². The van der Waals surface area contributed by atoms with Gasteiger partial charge in [0.1, 0.15) is 12.7 Å². The molecule has 2 fully saturated rings. The number of nitrogens with one attached hydrogen (secondary N) is 1. The fraction of sp³-hybridized carbons (Fsp3) is 0.636. The molecule has 0 spiro atoms. The standard InChI is InChI=1S/C22H28ClN5O7/c1-11(29)32-9-15-17(33-12(2)30)18(34-13(3)31)21(35-15)28-10-24-16-19(26-22(23)27-20(16)28)25-14-7-5-4-6-8-14/h10,14-15,17-18,21H,4-9H2,1-3H3,(H,25,26,27)/t15-,17-,18-,21-/m1/s1. The largest absolute Gasteiger partial charge is 0.463 e. The predicted octanol–water partition coefficient (Wildman–Crippen LogP) is 2.55. The summed E-state index contributed by atoms with van der Waals surface area (Å²) >= 11 is 6.25. The van der Waals surface area contributed by atoms with Gasteiger partial charge in [-0.1, -0.05) is 19.3 Å². The van der Waals surface area contributed by atoms with Gasteiger partial charge in [-0.3, -0.25) is 19.0 Å². The molecule has 1 saturated carbocycles. The molecule has 12 nitrogen and oxygen atoms in total. The molecule has 1 N–H and O–H groups in total. The van der Waals surface area contributed by atoms with E-state index >= 15 is 0 Å². The molecule has 0 amide bonds. The van der Waals surface area contributed by atoms with Crippen molar-refractivity contribution in [3.05, 3.63) is 11.6 Å². The van der Waals surface area contributed by atoms with Gasteiger partial charge in [0.25, 0.3) is 0 Å². The minimum Gasteiger partial charge on any atom is -0.463 e. The molecule has 13 heteroatoms. The van der Waals surface area contributed by atoms with Crippen LogP contribution in [0.2, 0.25) is 5.28 Å². The number of rotatable bonds is 7. The van der Waals surface area contributed by atoms with Gasteiger partial charge in [-0.2, -0.15) is 9.97 Å². The molecular formula is C22H28ClN5O7. The second-order valence-corrected chi connectivity index (χ2v) is 9.00. The molecule has 2 aliphatic rings. The summed E-state index contributed by atoms with van der Waals surface area (Å²) in [5.41, 5.74) is 0.817. The Kier molecular flexibility index (Phi) is 7.70. The first-order valence-electron chi connectivity index (χ1n) is 11.5. The van der Waals surface area contributed by atoms with E-state index in [4.69, 9.17) is 30.5 Å². The van der Waals surface area contributed by atoms with Gasteiger partial charge in [0, 0.05) is 26.8 Å². The van der Waals surface area contributed by atoms with Crippen LogP contribution in [0.15, 0.2) is 6.33 Å². The zero-order chi connectivity index (χ0) is 25.1. The van der Waals surface area contributed by atoms with Gasteiger partial charge in [0.15, 0.2) is 35.4 Å². The Labute approximate surface area is 206 Å². The quantitative estimate of drug-likeness (QED) is 0.334. The van der Waals surface area contributed by atoms with Gasteiger partial charge in [-0.15, -0.1) is 0 Å². The van der Waals surface area contributed by atoms with Crippen molar-refractivity contribution >= 4 is 46.5 Å². The first kappa shape index (κ1) is 25.1. The van der Waals surface area contributed by atoms with Gasteiger partial charge < -0.3 is 24.3 Å². The van der Waals surface area contributed by atoms with Crippen molar-refractivity contribution < 1.29 is 33.3 Å². The van der Waals surface area contributed by atoms with Crippen LogP contribution >= 0.6 is 11.6 Å². The second-order valence-electron chi connectivity index (χ2n) is 8.66. The molecule has 1 aliphatic heterocycles. The van der Waals surface area contributed by atoms with Gasteiger partial charge in [-0.25, -0.2) is 4.98 Å². The zero-order valence-corrected chi connectivity index (χ0v) is 20.5. The van der Waals surface area contributed by atoms with Crippen molar-refractivity contribution in [3.63, 3.8) is 0 Å². The number of hydrogen-bond acceptors (Lipinski definition) is 11. The summed E-state index contributed by atoms with van der Waals surface area (Å²) in [6, 6.07) is 0.251. The van der Waals surface area contributed by atoms with E-state index in [-0.39, 0.29) is 17.9 Å². The third-order valence-electron chi connectivity index (χ3n) is 5.95. The molecule has 0 aromatic carbocycles. The highest BCUT2D eigenvalue weighted by atomic mass is 35.5. The molecule has 190 valence electrons. The minimum atomic E-state index is -1.06. The highest BCUT2D eigenvalue weighted by Crippen LogP contribution is 2.37. The molecular weight excluding hydrogens is 482 g/mol. The molecule has 2 aromatic heterocycles. The molecule has 0 unspecified atom stereocenters. The Hall–Kier alpha value is -2.99. The third kappa shape index (κ3) is 5.81. The number of imidazole rings is 1. The fourth-order valence-corrected chi connectivity index (χ4v) is 4.70. The number of halogens is 1. The SMILES string of the molecule is CC(=O)OC[C@H]1O[C@@H](n2cnc3c(NC4CCCCC4)nc(Cl)nc32)[C@H](OC(C)=O)[C@@H]1OC(C)=O. The second kappa shape index (κ2) is 10.7. The number of carbonyl (C=O) groups excluding carboxylic acids is 3. The lowest BCUT2D eigenvalue weighted by Gasteiger charge is -2.24. The van der Waals surface area contributed by atoms with Crippen LogP contribution in [0.25, 0.3) is 11.2 Å². The van der Waals surface area contributed by atoms with Gasteiger partial charge in [0.2, 0.25) is 5.28 Å². The van der Waals surface area contributed by atoms with Crippen molar-refractivity contribution in [3.8, 4) is 0 Å². The van der Waals surface area contributed by atoms with Crippen molar-refractivity contribution in [2.24, 2.45) is 0 Å². The number of esters is 3. The molecule has 4 rings (SSSR count). The number of fused-ring (bicyclic) bond motifs is 1. The predicted molar refractivity (Wildman–Crippen MR) is 122 cm³/mol. The number of carbonyl (C=O) groups is 3. The number of anilines is 1. The Bertz CT molecular complexity index is 1100. The van der Waals surface area contributed by atoms with E-state index in [0.29, 0.717) is 17.0 Å². The van der Waals surface area contributed by atoms with E-state index in [0.717, 1.165) is 25.7 Å². The molecule has 2 aromatic rings. The molecule has 1 aliphatic carbocycles. The van der Waals surface area contributed by atoms with Gasteiger partial charge in [-0.05, 0) is 24.4 Å². The summed E-state index contributed by atoms with van der Waals surface area (Å²) in [5, 5.41) is 3.43. The van der Waals surface area contributed by atoms with Crippen LogP contribution in [0.3, 0.4) is 0 Å². The van der Waals surface area contributed by atoms with Crippen molar-refractivity contribution in [2.75, 3.05) is 11.9 Å². The molecule has 1 saturated heterocycles. The summed E-state index contributed by atoms with van der Waals surface area (Å²) in [4.78, 5) is 48.3. The van der Waals surface area contributed by atoms with E-state index in [1.807, 2.05) is 0 Å². The monoisotopic (exact) mass is 509 g/mol. The van der Waals surface area contributed by atoms with Crippen LogP contribution in [-0.2, 0) is 33.3 Å². The number of ether oxygens (including phenoxy) is 4. The van der Waals surface area contributed by atoms with E-state index in [2.05, 4.69) is 20.3 Å². The van der Waals surface area contributed by atoms with Crippen LogP contribution < -0.4 is 5.32 Å². The summed E-state index contributed by atoms with van der Waals surface area (Å²) in [5.74, 6) is -1.25. The number of aromatic nitrogens is 4. The highest BCUT2D eigenvalue weighted by molar-refractivity contribution is 6.28. The van der Waals surface area contributed by atoms with E-state index in [1.165, 1.54) is 33.5 Å². The van der Waals surface area contributed by atoms with E-state index < -0.39 is 42.4 Å². The number of nitrogens with zero attached hydrogens (tertiary/aromatic N) is 4. The first-order valence-corrected chi connectivity index (χ1v) is 11.9. The fourth-order valence-electron chi connectivity index (χ4n) is 4.53. The van der Waals surface area contributed by atoms with Crippen molar-refractivity contribution in [1.82, 2.24) is 19.5 Å². The summed E-state index contributed by atoms with van der Waals surface area (Å²) in [6.07, 6.45) is 3.02. The molecule has 0 radical (unpaired) electrons. The van der Waals surface area contributed by atoms with Crippen LogP contribution in [0.4, 0.5) is 5.82 Å². The van der Waals surface area contributed by atoms with Crippen molar-refractivity contribution in [1.29, 1.82) is 0 Å². The molecule has 35 heavy (non-hydrogen) atoms. The Morgan fingerprint density at radius 2 is 1.74 bits per heavy atom. The van der Waals surface area contributed by atoms with Crippen LogP contribution in [0.1, 0.15) is 59.1 Å². The summed E-state index contributed by atoms with van der Waals surface area (Å²) in [7, 11) is 0. The normalized spacial score (nSPS) is 24.8. The summed E-state index contributed by atoms with van der Waals surface area (Å²) < 4.78 is 23.7. The maximum absolute atomic E-state index is 11.9. The van der Waals surface area contributed by atoms with Crippen LogP contribution in [0, 0.1) is 0 Å². The molecule has 4 atom stereocenters. The Morgan fingerprint density at radius 3 is 2.40 bits per heavy atom. The average Bonchev–Trinajstić information content (AvgIpc) is 3.34. The minimum absolute atomic E-state index is 0.00703. The zero-order valence-electron chi connectivity index (χ0n) is 19.7. The summed E-state index contributed by atoms with van der Waals surface area (Å²) in [6.45, 7) is 3.50. The lowest BCUT2D eigenvalue weighted by molar-refractivity contribution is -0.166. The third-order valence-corrected chi connectivity index (χ3v) is 6.12. The van der Waals surface area contributed by atoms with Gasteiger partial charge >= 0.3 is 17.9 Å². The maximum atomic E-state index is 11.9. The maximum Gasteiger partial charge on any atom is 0.303 e. The van der Waals surface area contributed by atoms with Gasteiger partial charge in [0.05, 0.1) is 6.33 Å².